The summed E-state index contributed by atoms with van der Waals surface area (Å²) in [5.74, 6) is -0.548. The Bertz CT molecular complexity index is 414. The lowest BCUT2D eigenvalue weighted by Crippen LogP contribution is -2.38. The van der Waals surface area contributed by atoms with Gasteiger partial charge in [-0.2, -0.15) is 0 Å². The molecule has 0 radical (unpaired) electrons. The van der Waals surface area contributed by atoms with Crippen molar-refractivity contribution in [1.29, 1.82) is 0 Å². The third-order valence-corrected chi connectivity index (χ3v) is 3.25. The first-order valence-electron chi connectivity index (χ1n) is 6.27. The van der Waals surface area contributed by atoms with Gasteiger partial charge >= 0.3 is 5.97 Å². The molecule has 1 N–H and O–H groups in total. The van der Waals surface area contributed by atoms with Crippen LogP contribution in [0.3, 0.4) is 0 Å². The Hall–Kier alpha value is -1.62. The summed E-state index contributed by atoms with van der Waals surface area (Å²) >= 11 is 0. The Morgan fingerprint density at radius 2 is 2.28 bits per heavy atom. The molecular weight excluding hydrogens is 232 g/mol. The summed E-state index contributed by atoms with van der Waals surface area (Å²) in [4.78, 5) is 17.3. The lowest BCUT2D eigenvalue weighted by molar-refractivity contribution is 0.0693. The van der Waals surface area contributed by atoms with Crippen LogP contribution in [-0.4, -0.2) is 46.7 Å². The van der Waals surface area contributed by atoms with Crippen LogP contribution in [0.2, 0.25) is 0 Å². The highest BCUT2D eigenvalue weighted by molar-refractivity contribution is 5.87. The first kappa shape index (κ1) is 12.8. The van der Waals surface area contributed by atoms with Gasteiger partial charge in [0.2, 0.25) is 5.88 Å². The summed E-state index contributed by atoms with van der Waals surface area (Å²) in [5, 5.41) is 8.89. The Kier molecular flexibility index (Phi) is 4.15. The smallest absolute Gasteiger partial charge is 0.335 e. The highest BCUT2D eigenvalue weighted by Crippen LogP contribution is 2.17. The van der Waals surface area contributed by atoms with E-state index in [-0.39, 0.29) is 11.7 Å². The van der Waals surface area contributed by atoms with Crippen LogP contribution < -0.4 is 4.74 Å². The van der Waals surface area contributed by atoms with Crippen LogP contribution in [-0.2, 0) is 0 Å². The minimum atomic E-state index is -0.956. The lowest BCUT2D eigenvalue weighted by atomic mass is 10.1. The zero-order valence-electron chi connectivity index (χ0n) is 10.5. The maximum atomic E-state index is 10.8. The monoisotopic (exact) mass is 250 g/mol. The number of aromatic carboxylic acids is 1. The molecule has 1 saturated heterocycles. The van der Waals surface area contributed by atoms with Crippen molar-refractivity contribution in [3.8, 4) is 5.88 Å². The summed E-state index contributed by atoms with van der Waals surface area (Å²) in [6, 6.07) is 2.95. The highest BCUT2D eigenvalue weighted by atomic mass is 16.5. The number of carbonyl (C=O) groups is 1. The number of hydrogen-bond acceptors (Lipinski definition) is 4. The van der Waals surface area contributed by atoms with E-state index in [1.165, 1.54) is 18.3 Å². The van der Waals surface area contributed by atoms with Crippen LogP contribution in [0.25, 0.3) is 0 Å². The molecule has 0 unspecified atom stereocenters. The fourth-order valence-corrected chi connectivity index (χ4v) is 2.12. The van der Waals surface area contributed by atoms with Crippen LogP contribution >= 0.6 is 0 Å². The second kappa shape index (κ2) is 5.82. The predicted molar refractivity (Wildman–Crippen MR) is 67.0 cm³/mol. The van der Waals surface area contributed by atoms with Gasteiger partial charge in [-0.15, -0.1) is 0 Å². The van der Waals surface area contributed by atoms with E-state index in [1.54, 1.807) is 0 Å². The van der Waals surface area contributed by atoms with E-state index in [9.17, 15) is 4.79 Å². The molecule has 1 fully saturated rings. The van der Waals surface area contributed by atoms with Gasteiger partial charge in [-0.05, 0) is 25.5 Å². The van der Waals surface area contributed by atoms with Crippen molar-refractivity contribution in [1.82, 2.24) is 9.88 Å². The number of ether oxygens (including phenoxy) is 1. The molecule has 1 aromatic heterocycles. The first-order chi connectivity index (χ1) is 8.69. The number of carboxylic acid groups (broad SMARTS) is 1. The zero-order chi connectivity index (χ0) is 13.0. The Morgan fingerprint density at radius 1 is 1.56 bits per heavy atom. The molecule has 0 atom stereocenters. The van der Waals surface area contributed by atoms with Crippen molar-refractivity contribution < 1.29 is 14.6 Å². The van der Waals surface area contributed by atoms with Crippen LogP contribution in [0, 0.1) is 0 Å². The maximum absolute atomic E-state index is 10.8. The standard InChI is InChI=1S/C13H18N2O3/c1-2-15-7-4-11(5-8-15)18-12-9-10(13(16)17)3-6-14-12/h3,6,9,11H,2,4-5,7-8H2,1H3,(H,16,17). The van der Waals surface area contributed by atoms with E-state index in [4.69, 9.17) is 9.84 Å². The summed E-state index contributed by atoms with van der Waals surface area (Å²) in [5.41, 5.74) is 0.214. The van der Waals surface area contributed by atoms with Crippen LogP contribution in [0.1, 0.15) is 30.1 Å². The molecule has 98 valence electrons. The third-order valence-electron chi connectivity index (χ3n) is 3.25. The van der Waals surface area contributed by atoms with E-state index in [0.717, 1.165) is 32.5 Å². The molecule has 2 heterocycles. The molecule has 5 nitrogen and oxygen atoms in total. The number of aromatic nitrogens is 1. The molecule has 0 saturated carbocycles. The van der Waals surface area contributed by atoms with Gasteiger partial charge in [0.15, 0.2) is 0 Å². The topological polar surface area (TPSA) is 62.7 Å². The first-order valence-corrected chi connectivity index (χ1v) is 6.27. The summed E-state index contributed by atoms with van der Waals surface area (Å²) in [6.07, 6.45) is 3.55. The number of rotatable bonds is 4. The van der Waals surface area contributed by atoms with Crippen molar-refractivity contribution in [2.24, 2.45) is 0 Å². The van der Waals surface area contributed by atoms with Crippen molar-refractivity contribution in [3.63, 3.8) is 0 Å². The minimum Gasteiger partial charge on any atom is -0.478 e. The molecule has 1 aliphatic heterocycles. The molecule has 0 bridgehead atoms. The van der Waals surface area contributed by atoms with Gasteiger partial charge in [-0.25, -0.2) is 9.78 Å². The Balaban J connectivity index is 1.94. The largest absolute Gasteiger partial charge is 0.478 e. The van der Waals surface area contributed by atoms with Crippen LogP contribution in [0.4, 0.5) is 0 Å². The number of piperidine rings is 1. The Morgan fingerprint density at radius 3 is 2.89 bits per heavy atom. The molecule has 1 aliphatic rings. The molecule has 2 rings (SSSR count). The van der Waals surface area contributed by atoms with Gasteiger partial charge in [0.25, 0.3) is 0 Å². The molecule has 18 heavy (non-hydrogen) atoms. The van der Waals surface area contributed by atoms with E-state index >= 15 is 0 Å². The van der Waals surface area contributed by atoms with Crippen LogP contribution in [0.15, 0.2) is 18.3 Å². The molecule has 0 aromatic carbocycles. The zero-order valence-corrected chi connectivity index (χ0v) is 10.5. The maximum Gasteiger partial charge on any atom is 0.335 e. The van der Waals surface area contributed by atoms with Gasteiger partial charge in [-0.3, -0.25) is 0 Å². The van der Waals surface area contributed by atoms with Gasteiger partial charge in [0.05, 0.1) is 5.56 Å². The molecule has 1 aromatic rings. The van der Waals surface area contributed by atoms with Crippen molar-refractivity contribution >= 4 is 5.97 Å². The number of carboxylic acids is 1. The molecule has 5 heteroatoms. The van der Waals surface area contributed by atoms with Crippen LogP contribution in [0.5, 0.6) is 5.88 Å². The van der Waals surface area contributed by atoms with E-state index in [1.807, 2.05) is 0 Å². The minimum absolute atomic E-state index is 0.143. The Labute approximate surface area is 106 Å². The van der Waals surface area contributed by atoms with Gasteiger partial charge in [-0.1, -0.05) is 6.92 Å². The quantitative estimate of drug-likeness (QED) is 0.880. The highest BCUT2D eigenvalue weighted by Gasteiger charge is 2.20. The molecular formula is C13H18N2O3. The van der Waals surface area contributed by atoms with E-state index in [2.05, 4.69) is 16.8 Å². The fourth-order valence-electron chi connectivity index (χ4n) is 2.12. The molecule has 0 spiro atoms. The fraction of sp³-hybridized carbons (Fsp3) is 0.538. The summed E-state index contributed by atoms with van der Waals surface area (Å²) in [7, 11) is 0. The van der Waals surface area contributed by atoms with E-state index in [0.29, 0.717) is 5.88 Å². The van der Waals surface area contributed by atoms with Crippen molar-refractivity contribution in [2.45, 2.75) is 25.9 Å². The van der Waals surface area contributed by atoms with Gasteiger partial charge < -0.3 is 14.7 Å². The SMILES string of the molecule is CCN1CCC(Oc2cc(C(=O)O)ccn2)CC1. The molecule has 0 amide bonds. The second-order valence-electron chi connectivity index (χ2n) is 4.44. The number of pyridine rings is 1. The number of nitrogens with zero attached hydrogens (tertiary/aromatic N) is 2. The second-order valence-corrected chi connectivity index (χ2v) is 4.44. The van der Waals surface area contributed by atoms with Gasteiger partial charge in [0.1, 0.15) is 6.10 Å². The lowest BCUT2D eigenvalue weighted by Gasteiger charge is -2.30. The third kappa shape index (κ3) is 3.20. The average molecular weight is 250 g/mol. The molecule has 0 aliphatic carbocycles. The van der Waals surface area contributed by atoms with E-state index < -0.39 is 5.97 Å². The summed E-state index contributed by atoms with van der Waals surface area (Å²) < 4.78 is 5.74. The van der Waals surface area contributed by atoms with Crippen molar-refractivity contribution in [3.05, 3.63) is 23.9 Å². The van der Waals surface area contributed by atoms with Gasteiger partial charge in [0, 0.05) is 25.4 Å². The summed E-state index contributed by atoms with van der Waals surface area (Å²) in [6.45, 7) is 5.28. The normalized spacial score (nSPS) is 17.6. The average Bonchev–Trinajstić information content (AvgIpc) is 2.40. The number of likely N-dealkylation sites (tertiary alicyclic amines) is 1. The van der Waals surface area contributed by atoms with Crippen molar-refractivity contribution in [2.75, 3.05) is 19.6 Å². The number of hydrogen-bond donors (Lipinski definition) is 1. The predicted octanol–water partition coefficient (Wildman–Crippen LogP) is 1.64.